The van der Waals surface area contributed by atoms with Crippen molar-refractivity contribution in [2.75, 3.05) is 13.1 Å². The topological polar surface area (TPSA) is 53.7 Å². The number of amides is 1. The quantitative estimate of drug-likeness (QED) is 0.765. The zero-order valence-corrected chi connectivity index (χ0v) is 16.6. The van der Waals surface area contributed by atoms with E-state index in [-0.39, 0.29) is 11.8 Å². The van der Waals surface area contributed by atoms with E-state index in [0.717, 1.165) is 38.0 Å². The van der Waals surface area contributed by atoms with Gasteiger partial charge in [-0.05, 0) is 49.4 Å². The lowest BCUT2D eigenvalue weighted by Gasteiger charge is -2.40. The largest absolute Gasteiger partial charge is 0.455 e. The maximum Gasteiger partial charge on any atom is 0.289 e. The Labute approximate surface area is 164 Å². The van der Waals surface area contributed by atoms with E-state index in [1.54, 1.807) is 17.8 Å². The number of aliphatic hydroxyl groups is 1. The third kappa shape index (κ3) is 3.81. The van der Waals surface area contributed by atoms with Gasteiger partial charge in [0.05, 0.1) is 11.4 Å². The third-order valence-electron chi connectivity index (χ3n) is 6.21. The predicted molar refractivity (Wildman–Crippen MR) is 107 cm³/mol. The molecule has 1 amide bonds. The number of carbonyl (C=O) groups excluding carboxylic acids is 1. The van der Waals surface area contributed by atoms with E-state index in [2.05, 4.69) is 19.1 Å². The molecule has 0 bridgehead atoms. The smallest absolute Gasteiger partial charge is 0.289 e. The minimum absolute atomic E-state index is 0.0428. The Morgan fingerprint density at radius 1 is 1.26 bits per heavy atom. The number of nitrogens with zero attached hydrogens (tertiary/aromatic N) is 1. The van der Waals surface area contributed by atoms with E-state index in [9.17, 15) is 9.90 Å². The summed E-state index contributed by atoms with van der Waals surface area (Å²) in [4.78, 5) is 16.0. The first-order chi connectivity index (χ1) is 13.1. The van der Waals surface area contributed by atoms with Crippen LogP contribution in [0.15, 0.2) is 51.8 Å². The minimum Gasteiger partial charge on any atom is -0.455 e. The van der Waals surface area contributed by atoms with Gasteiger partial charge in [0.1, 0.15) is 5.76 Å². The maximum atomic E-state index is 12.9. The Morgan fingerprint density at radius 2 is 2.07 bits per heavy atom. The molecule has 2 aliphatic rings. The van der Waals surface area contributed by atoms with Gasteiger partial charge in [-0.15, -0.1) is 11.8 Å². The molecule has 144 valence electrons. The highest BCUT2D eigenvalue weighted by Crippen LogP contribution is 2.44. The molecule has 0 unspecified atom stereocenters. The van der Waals surface area contributed by atoms with Crippen molar-refractivity contribution in [3.8, 4) is 0 Å². The van der Waals surface area contributed by atoms with Crippen molar-refractivity contribution in [1.29, 1.82) is 0 Å². The minimum atomic E-state index is -0.613. The highest BCUT2D eigenvalue weighted by atomic mass is 32.2. The number of hydrogen-bond acceptors (Lipinski definition) is 4. The lowest BCUT2D eigenvalue weighted by Crippen LogP contribution is -2.44. The van der Waals surface area contributed by atoms with E-state index < -0.39 is 5.60 Å². The van der Waals surface area contributed by atoms with E-state index in [1.807, 2.05) is 29.2 Å². The lowest BCUT2D eigenvalue weighted by molar-refractivity contribution is -0.0609. The summed E-state index contributed by atoms with van der Waals surface area (Å²) in [6.45, 7) is 3.43. The Morgan fingerprint density at radius 3 is 2.85 bits per heavy atom. The summed E-state index contributed by atoms with van der Waals surface area (Å²) in [5.41, 5.74) is -0.613. The first-order valence-corrected chi connectivity index (χ1v) is 10.9. The summed E-state index contributed by atoms with van der Waals surface area (Å²) in [6.07, 6.45) is 3.77. The molecule has 4 nitrogen and oxygen atoms in total. The van der Waals surface area contributed by atoms with E-state index in [4.69, 9.17) is 4.42 Å². The third-order valence-corrected chi connectivity index (χ3v) is 7.25. The lowest BCUT2D eigenvalue weighted by atomic mass is 9.69. The summed E-state index contributed by atoms with van der Waals surface area (Å²) >= 11 is 1.70. The van der Waals surface area contributed by atoms with Gasteiger partial charge in [-0.25, -0.2) is 0 Å². The molecule has 2 aromatic rings. The molecule has 2 heterocycles. The van der Waals surface area contributed by atoms with Gasteiger partial charge in [-0.2, -0.15) is 0 Å². The van der Waals surface area contributed by atoms with Gasteiger partial charge in [0.15, 0.2) is 5.76 Å². The van der Waals surface area contributed by atoms with Crippen LogP contribution in [0.25, 0.3) is 0 Å². The van der Waals surface area contributed by atoms with E-state index in [1.165, 1.54) is 4.90 Å². The summed E-state index contributed by atoms with van der Waals surface area (Å²) < 4.78 is 5.84. The van der Waals surface area contributed by atoms with Gasteiger partial charge in [0.2, 0.25) is 0 Å². The number of benzene rings is 1. The van der Waals surface area contributed by atoms with Crippen LogP contribution < -0.4 is 0 Å². The van der Waals surface area contributed by atoms with Crippen molar-refractivity contribution in [1.82, 2.24) is 4.90 Å². The Kier molecular flexibility index (Phi) is 5.33. The van der Waals surface area contributed by atoms with Crippen molar-refractivity contribution in [3.05, 3.63) is 54.0 Å². The van der Waals surface area contributed by atoms with Gasteiger partial charge in [0, 0.05) is 23.9 Å². The van der Waals surface area contributed by atoms with Crippen molar-refractivity contribution in [3.63, 3.8) is 0 Å². The second kappa shape index (κ2) is 7.72. The van der Waals surface area contributed by atoms with Gasteiger partial charge < -0.3 is 14.4 Å². The standard InChI is InChI=1S/C22H27NO3S/c1-2-22(25)12-6-7-16-13-23(14-19(16)22)21(24)20-11-10-17(26-20)15-27-18-8-4-3-5-9-18/h3-5,8-11,16,19,25H,2,6-7,12-15H2,1H3/t16-,19+,22-/m0/s1. The van der Waals surface area contributed by atoms with Crippen LogP contribution >= 0.6 is 11.8 Å². The van der Waals surface area contributed by atoms with Crippen molar-refractivity contribution in [2.24, 2.45) is 11.8 Å². The Bertz CT molecular complexity index is 790. The van der Waals surface area contributed by atoms with Crippen LogP contribution in [0.2, 0.25) is 0 Å². The number of rotatable bonds is 5. The number of carbonyl (C=O) groups is 1. The molecule has 5 heteroatoms. The SMILES string of the molecule is CC[C@]1(O)CCC[C@H]2CN(C(=O)c3ccc(CSc4ccccc4)o3)C[C@H]21. The second-order valence-electron chi connectivity index (χ2n) is 7.79. The van der Waals surface area contributed by atoms with Crippen LogP contribution in [0.4, 0.5) is 0 Å². The molecule has 4 rings (SSSR count). The van der Waals surface area contributed by atoms with E-state index >= 15 is 0 Å². The van der Waals surface area contributed by atoms with E-state index in [0.29, 0.717) is 24.0 Å². The van der Waals surface area contributed by atoms with Crippen LogP contribution in [0.5, 0.6) is 0 Å². The summed E-state index contributed by atoms with van der Waals surface area (Å²) in [6, 6.07) is 13.9. The number of fused-ring (bicyclic) bond motifs is 1. The first kappa shape index (κ1) is 18.6. The molecular formula is C22H27NO3S. The molecular weight excluding hydrogens is 358 g/mol. The molecule has 1 aliphatic carbocycles. The molecule has 1 aromatic carbocycles. The Hall–Kier alpha value is -1.72. The van der Waals surface area contributed by atoms with Gasteiger partial charge in [-0.1, -0.05) is 31.5 Å². The van der Waals surface area contributed by atoms with Crippen molar-refractivity contribution >= 4 is 17.7 Å². The molecule has 1 aromatic heterocycles. The fourth-order valence-electron chi connectivity index (χ4n) is 4.63. The number of furan rings is 1. The molecule has 2 fully saturated rings. The molecule has 3 atom stereocenters. The van der Waals surface area contributed by atoms with Crippen molar-refractivity contribution < 1.29 is 14.3 Å². The van der Waals surface area contributed by atoms with Crippen LogP contribution in [0.1, 0.15) is 48.9 Å². The summed E-state index contributed by atoms with van der Waals surface area (Å²) in [5.74, 6) is 2.50. The molecule has 1 saturated carbocycles. The second-order valence-corrected chi connectivity index (χ2v) is 8.84. The zero-order chi connectivity index (χ0) is 18.9. The monoisotopic (exact) mass is 385 g/mol. The fourth-order valence-corrected chi connectivity index (χ4v) is 5.44. The number of hydrogen-bond donors (Lipinski definition) is 1. The van der Waals surface area contributed by atoms with Crippen LogP contribution in [-0.4, -0.2) is 34.6 Å². The fraction of sp³-hybridized carbons (Fsp3) is 0.500. The summed E-state index contributed by atoms with van der Waals surface area (Å²) in [5, 5.41) is 10.9. The Balaban J connectivity index is 1.40. The summed E-state index contributed by atoms with van der Waals surface area (Å²) in [7, 11) is 0. The molecule has 0 spiro atoms. The van der Waals surface area contributed by atoms with Crippen molar-refractivity contribution in [2.45, 2.75) is 48.9 Å². The van der Waals surface area contributed by atoms with Gasteiger partial charge >= 0.3 is 0 Å². The average Bonchev–Trinajstić information content (AvgIpc) is 3.35. The number of thioether (sulfide) groups is 1. The molecule has 27 heavy (non-hydrogen) atoms. The van der Waals surface area contributed by atoms with Gasteiger partial charge in [0.25, 0.3) is 5.91 Å². The van der Waals surface area contributed by atoms with Crippen LogP contribution in [0.3, 0.4) is 0 Å². The zero-order valence-electron chi connectivity index (χ0n) is 15.8. The predicted octanol–water partition coefficient (Wildman–Crippen LogP) is 4.59. The number of likely N-dealkylation sites (tertiary alicyclic amines) is 1. The molecule has 1 aliphatic heterocycles. The van der Waals surface area contributed by atoms with Crippen LogP contribution in [-0.2, 0) is 5.75 Å². The van der Waals surface area contributed by atoms with Gasteiger partial charge in [-0.3, -0.25) is 4.79 Å². The molecule has 1 N–H and O–H groups in total. The molecule has 0 radical (unpaired) electrons. The van der Waals surface area contributed by atoms with Crippen LogP contribution in [0, 0.1) is 11.8 Å². The maximum absolute atomic E-state index is 12.9. The first-order valence-electron chi connectivity index (χ1n) is 9.87. The average molecular weight is 386 g/mol. The molecule has 1 saturated heterocycles. The normalized spacial score (nSPS) is 27.6. The highest BCUT2D eigenvalue weighted by molar-refractivity contribution is 7.98. The highest BCUT2D eigenvalue weighted by Gasteiger charge is 2.49.